The molecule has 0 bridgehead atoms. The lowest BCUT2D eigenvalue weighted by Crippen LogP contribution is -2.57. The third-order valence-electron chi connectivity index (χ3n) is 6.13. The van der Waals surface area contributed by atoms with E-state index in [0.717, 1.165) is 70.2 Å². The Bertz CT molecular complexity index is 765. The molecule has 170 valence electrons. The molecular weight excluding hydrogens is 392 g/mol. The summed E-state index contributed by atoms with van der Waals surface area (Å²) < 4.78 is 0. The van der Waals surface area contributed by atoms with Crippen molar-refractivity contribution in [3.8, 4) is 0 Å². The number of nitrogens with zero attached hydrogens (tertiary/aromatic N) is 4. The van der Waals surface area contributed by atoms with Crippen molar-refractivity contribution >= 4 is 17.8 Å². The Morgan fingerprint density at radius 3 is 2.23 bits per heavy atom. The summed E-state index contributed by atoms with van der Waals surface area (Å²) in [4.78, 5) is 35.8. The Kier molecular flexibility index (Phi) is 8.28. The van der Waals surface area contributed by atoms with Gasteiger partial charge in [0.15, 0.2) is 5.96 Å². The molecule has 2 aliphatic rings. The fourth-order valence-electron chi connectivity index (χ4n) is 4.18. The van der Waals surface area contributed by atoms with Crippen LogP contribution in [0.1, 0.15) is 42.6 Å². The molecule has 2 N–H and O–H groups in total. The van der Waals surface area contributed by atoms with Crippen LogP contribution < -0.4 is 10.6 Å². The highest BCUT2D eigenvalue weighted by molar-refractivity contribution is 5.93. The number of carbonyl (C=O) groups is 2. The second-order valence-electron chi connectivity index (χ2n) is 8.18. The molecule has 31 heavy (non-hydrogen) atoms. The van der Waals surface area contributed by atoms with Crippen molar-refractivity contribution in [3.05, 3.63) is 35.4 Å². The van der Waals surface area contributed by atoms with Gasteiger partial charge in [0.1, 0.15) is 0 Å². The van der Waals surface area contributed by atoms with Crippen molar-refractivity contribution in [3.63, 3.8) is 0 Å². The summed E-state index contributed by atoms with van der Waals surface area (Å²) in [5.74, 6) is 1.08. The van der Waals surface area contributed by atoms with E-state index in [9.17, 15) is 9.59 Å². The van der Waals surface area contributed by atoms with Crippen LogP contribution in [0.4, 0.5) is 0 Å². The van der Waals surface area contributed by atoms with Gasteiger partial charge in [0.05, 0.1) is 12.6 Å². The van der Waals surface area contributed by atoms with E-state index < -0.39 is 0 Å². The van der Waals surface area contributed by atoms with Gasteiger partial charge >= 0.3 is 0 Å². The maximum atomic E-state index is 12.7. The quantitative estimate of drug-likeness (QED) is 0.525. The summed E-state index contributed by atoms with van der Waals surface area (Å²) in [6, 6.07) is 7.49. The van der Waals surface area contributed by atoms with Gasteiger partial charge in [-0.3, -0.25) is 14.5 Å². The Morgan fingerprint density at radius 2 is 1.65 bits per heavy atom. The molecule has 8 heteroatoms. The molecule has 0 radical (unpaired) electrons. The highest BCUT2D eigenvalue weighted by Gasteiger charge is 2.30. The first kappa shape index (κ1) is 23.1. The average Bonchev–Trinajstić information content (AvgIpc) is 3.36. The lowest BCUT2D eigenvalue weighted by molar-refractivity contribution is -0.135. The van der Waals surface area contributed by atoms with Crippen molar-refractivity contribution < 1.29 is 9.59 Å². The normalized spacial score (nSPS) is 18.7. The molecule has 2 fully saturated rings. The molecule has 0 aromatic heterocycles. The van der Waals surface area contributed by atoms with Gasteiger partial charge in [-0.05, 0) is 44.4 Å². The van der Waals surface area contributed by atoms with Crippen LogP contribution in [0.15, 0.2) is 29.3 Å². The van der Waals surface area contributed by atoms with Gasteiger partial charge in [-0.25, -0.2) is 4.99 Å². The molecule has 1 aromatic rings. The second kappa shape index (κ2) is 11.1. The van der Waals surface area contributed by atoms with E-state index in [-0.39, 0.29) is 17.9 Å². The Hall–Kier alpha value is -2.61. The van der Waals surface area contributed by atoms with E-state index in [4.69, 9.17) is 4.99 Å². The number of amides is 2. The molecular formula is C23H36N6O2. The number of aliphatic imine (C=N–C) groups is 1. The number of benzene rings is 1. The van der Waals surface area contributed by atoms with E-state index >= 15 is 0 Å². The third kappa shape index (κ3) is 5.97. The molecule has 2 aliphatic heterocycles. The van der Waals surface area contributed by atoms with Crippen LogP contribution >= 0.6 is 0 Å². The number of piperazine rings is 1. The van der Waals surface area contributed by atoms with Gasteiger partial charge in [-0.2, -0.15) is 0 Å². The van der Waals surface area contributed by atoms with Crippen molar-refractivity contribution in [2.24, 2.45) is 4.99 Å². The Labute approximate surface area is 185 Å². The van der Waals surface area contributed by atoms with Gasteiger partial charge in [0.25, 0.3) is 5.91 Å². The molecule has 0 saturated carbocycles. The Morgan fingerprint density at radius 1 is 1.00 bits per heavy atom. The molecule has 2 heterocycles. The molecule has 1 unspecified atom stereocenters. The van der Waals surface area contributed by atoms with Crippen LogP contribution in [0.25, 0.3) is 0 Å². The maximum Gasteiger partial charge on any atom is 0.251 e. The number of nitrogens with one attached hydrogen (secondary N) is 2. The van der Waals surface area contributed by atoms with Crippen LogP contribution in [0, 0.1) is 0 Å². The van der Waals surface area contributed by atoms with Gasteiger partial charge in [-0.1, -0.05) is 12.1 Å². The standard InChI is InChI=1S/C23H36N6O2/c1-4-25-23(26-17-19-7-9-20(10-8-19)21(30)24-3)29-15-13-27(14-16-29)18(2)22(31)28-11-5-6-12-28/h7-10,18H,4-6,11-17H2,1-3H3,(H,24,30)(H,25,26). The lowest BCUT2D eigenvalue weighted by Gasteiger charge is -2.39. The molecule has 0 aliphatic carbocycles. The molecule has 3 rings (SSSR count). The minimum atomic E-state index is -0.0845. The number of hydrogen-bond acceptors (Lipinski definition) is 4. The second-order valence-corrected chi connectivity index (χ2v) is 8.18. The van der Waals surface area contributed by atoms with Crippen molar-refractivity contribution in [2.45, 2.75) is 39.3 Å². The molecule has 8 nitrogen and oxygen atoms in total. The summed E-state index contributed by atoms with van der Waals surface area (Å²) in [5, 5.41) is 6.02. The highest BCUT2D eigenvalue weighted by atomic mass is 16.2. The first-order chi connectivity index (χ1) is 15.0. The number of hydrogen-bond donors (Lipinski definition) is 2. The number of guanidine groups is 1. The van der Waals surface area contributed by atoms with Crippen LogP contribution in [0.5, 0.6) is 0 Å². The predicted octanol–water partition coefficient (Wildman–Crippen LogP) is 1.14. The molecule has 2 amide bonds. The van der Waals surface area contributed by atoms with Gasteiger partial charge < -0.3 is 20.4 Å². The van der Waals surface area contributed by atoms with Crippen molar-refractivity contribution in [1.29, 1.82) is 0 Å². The van der Waals surface area contributed by atoms with Gasteiger partial charge in [0, 0.05) is 58.4 Å². The van der Waals surface area contributed by atoms with E-state index in [1.807, 2.05) is 36.1 Å². The molecule has 0 spiro atoms. The average molecular weight is 429 g/mol. The zero-order valence-electron chi connectivity index (χ0n) is 19.1. The topological polar surface area (TPSA) is 80.3 Å². The fourth-order valence-corrected chi connectivity index (χ4v) is 4.18. The summed E-state index contributed by atoms with van der Waals surface area (Å²) in [7, 11) is 1.63. The van der Waals surface area contributed by atoms with E-state index in [0.29, 0.717) is 12.1 Å². The van der Waals surface area contributed by atoms with Crippen molar-refractivity contribution in [1.82, 2.24) is 25.3 Å². The van der Waals surface area contributed by atoms with Crippen molar-refractivity contribution in [2.75, 3.05) is 52.9 Å². The predicted molar refractivity (Wildman–Crippen MR) is 123 cm³/mol. The lowest BCUT2D eigenvalue weighted by atomic mass is 10.1. The van der Waals surface area contributed by atoms with Gasteiger partial charge in [0.2, 0.25) is 5.91 Å². The largest absolute Gasteiger partial charge is 0.357 e. The summed E-state index contributed by atoms with van der Waals surface area (Å²) >= 11 is 0. The van der Waals surface area contributed by atoms with E-state index in [2.05, 4.69) is 27.4 Å². The first-order valence-corrected chi connectivity index (χ1v) is 11.4. The molecule has 1 atom stereocenters. The van der Waals surface area contributed by atoms with E-state index in [1.165, 1.54) is 0 Å². The highest BCUT2D eigenvalue weighted by Crippen LogP contribution is 2.14. The smallest absolute Gasteiger partial charge is 0.251 e. The number of rotatable bonds is 6. The molecule has 2 saturated heterocycles. The third-order valence-corrected chi connectivity index (χ3v) is 6.13. The maximum absolute atomic E-state index is 12.7. The Balaban J connectivity index is 1.55. The van der Waals surface area contributed by atoms with Gasteiger partial charge in [-0.15, -0.1) is 0 Å². The monoisotopic (exact) mass is 428 g/mol. The van der Waals surface area contributed by atoms with Crippen LogP contribution in [0.2, 0.25) is 0 Å². The van der Waals surface area contributed by atoms with Crippen LogP contribution in [-0.4, -0.2) is 91.4 Å². The SMILES string of the molecule is CCNC(=NCc1ccc(C(=O)NC)cc1)N1CCN(C(C)C(=O)N2CCCC2)CC1. The minimum absolute atomic E-state index is 0.0568. The summed E-state index contributed by atoms with van der Waals surface area (Å²) in [6.45, 7) is 10.7. The van der Waals surface area contributed by atoms with Crippen LogP contribution in [0.3, 0.4) is 0 Å². The number of likely N-dealkylation sites (tertiary alicyclic amines) is 1. The summed E-state index contributed by atoms with van der Waals surface area (Å²) in [5.41, 5.74) is 1.71. The minimum Gasteiger partial charge on any atom is -0.357 e. The fraction of sp³-hybridized carbons (Fsp3) is 0.609. The first-order valence-electron chi connectivity index (χ1n) is 11.4. The zero-order valence-corrected chi connectivity index (χ0v) is 19.1. The summed E-state index contributed by atoms with van der Waals surface area (Å²) in [6.07, 6.45) is 2.26. The number of carbonyl (C=O) groups excluding carboxylic acids is 2. The van der Waals surface area contributed by atoms with E-state index in [1.54, 1.807) is 7.05 Å². The molecule has 1 aromatic carbocycles. The zero-order chi connectivity index (χ0) is 22.2. The van der Waals surface area contributed by atoms with Crippen LogP contribution in [-0.2, 0) is 11.3 Å².